The summed E-state index contributed by atoms with van der Waals surface area (Å²) in [4.78, 5) is 20.0. The maximum atomic E-state index is 5.22. The zero-order valence-electron chi connectivity index (χ0n) is 18.3. The van der Waals surface area contributed by atoms with Crippen LogP contribution in [0.25, 0.3) is 0 Å². The highest BCUT2D eigenvalue weighted by Crippen LogP contribution is 2.13. The Balaban J connectivity index is 1.34. The van der Waals surface area contributed by atoms with Gasteiger partial charge in [-0.1, -0.05) is 12.1 Å². The molecule has 8 nitrogen and oxygen atoms in total. The van der Waals surface area contributed by atoms with Crippen LogP contribution in [0.1, 0.15) is 12.0 Å². The van der Waals surface area contributed by atoms with Gasteiger partial charge in [0.15, 0.2) is 5.96 Å². The number of ether oxygens (including phenoxy) is 1. The first kappa shape index (κ1) is 21.8. The van der Waals surface area contributed by atoms with Gasteiger partial charge in [-0.05, 0) is 36.7 Å². The number of aromatic nitrogens is 2. The molecule has 1 fully saturated rings. The Hall–Kier alpha value is -2.87. The topological polar surface area (TPSA) is 69.1 Å². The Labute approximate surface area is 179 Å². The van der Waals surface area contributed by atoms with Gasteiger partial charge in [-0.3, -0.25) is 9.89 Å². The Morgan fingerprint density at radius 2 is 1.83 bits per heavy atom. The molecule has 0 amide bonds. The fourth-order valence-electron chi connectivity index (χ4n) is 3.59. The Morgan fingerprint density at radius 3 is 2.47 bits per heavy atom. The maximum absolute atomic E-state index is 5.22. The second kappa shape index (κ2) is 11.3. The average Bonchev–Trinajstić information content (AvgIpc) is 2.80. The Morgan fingerprint density at radius 1 is 1.13 bits per heavy atom. The standard InChI is InChI=1S/C22H33N7O/c1-23-21(27(2)18-19-6-8-20(30-3)9-7-19)24-12-5-13-28-14-16-29(17-15-28)22-25-10-4-11-26-22/h4,6-11H,5,12-18H2,1-3H3,(H,23,24). The summed E-state index contributed by atoms with van der Waals surface area (Å²) in [7, 11) is 5.58. The average molecular weight is 412 g/mol. The first-order chi connectivity index (χ1) is 14.7. The maximum Gasteiger partial charge on any atom is 0.225 e. The van der Waals surface area contributed by atoms with Crippen LogP contribution in [0, 0.1) is 0 Å². The van der Waals surface area contributed by atoms with Crippen LogP contribution in [0.3, 0.4) is 0 Å². The van der Waals surface area contributed by atoms with Crippen molar-refractivity contribution in [1.29, 1.82) is 0 Å². The first-order valence-electron chi connectivity index (χ1n) is 10.5. The van der Waals surface area contributed by atoms with Crippen LogP contribution in [-0.2, 0) is 6.54 Å². The SMILES string of the molecule is CN=C(NCCCN1CCN(c2ncccn2)CC1)N(C)Cc1ccc(OC)cc1. The van der Waals surface area contributed by atoms with Crippen LogP contribution < -0.4 is 15.0 Å². The predicted octanol–water partition coefficient (Wildman–Crippen LogP) is 1.70. The van der Waals surface area contributed by atoms with Crippen LogP contribution in [0.15, 0.2) is 47.7 Å². The van der Waals surface area contributed by atoms with E-state index in [4.69, 9.17) is 4.74 Å². The van der Waals surface area contributed by atoms with E-state index in [1.165, 1.54) is 5.56 Å². The van der Waals surface area contributed by atoms with Gasteiger partial charge in [-0.15, -0.1) is 0 Å². The molecule has 2 heterocycles. The number of piperazine rings is 1. The van der Waals surface area contributed by atoms with Gasteiger partial charge in [0.1, 0.15) is 5.75 Å². The summed E-state index contributed by atoms with van der Waals surface area (Å²) in [6.45, 7) is 6.83. The van der Waals surface area contributed by atoms with Crippen molar-refractivity contribution in [3.63, 3.8) is 0 Å². The smallest absolute Gasteiger partial charge is 0.225 e. The van der Waals surface area contributed by atoms with Gasteiger partial charge in [-0.25, -0.2) is 9.97 Å². The number of guanidine groups is 1. The molecular formula is C22H33N7O. The third kappa shape index (κ3) is 6.32. The van der Waals surface area contributed by atoms with E-state index in [2.05, 4.69) is 54.2 Å². The largest absolute Gasteiger partial charge is 0.497 e. The molecule has 162 valence electrons. The van der Waals surface area contributed by atoms with Crippen molar-refractivity contribution in [1.82, 2.24) is 25.1 Å². The van der Waals surface area contributed by atoms with Crippen LogP contribution in [-0.4, -0.2) is 86.2 Å². The lowest BCUT2D eigenvalue weighted by Crippen LogP contribution is -2.47. The summed E-state index contributed by atoms with van der Waals surface area (Å²) in [5.41, 5.74) is 1.22. The van der Waals surface area contributed by atoms with Crippen molar-refractivity contribution < 1.29 is 4.74 Å². The van der Waals surface area contributed by atoms with Gasteiger partial charge in [0, 0.05) is 65.8 Å². The molecule has 0 saturated carbocycles. The molecule has 0 aliphatic carbocycles. The second-order valence-corrected chi connectivity index (χ2v) is 7.41. The molecule has 1 aromatic heterocycles. The highest BCUT2D eigenvalue weighted by molar-refractivity contribution is 5.79. The highest BCUT2D eigenvalue weighted by atomic mass is 16.5. The molecule has 1 N–H and O–H groups in total. The van der Waals surface area contributed by atoms with E-state index >= 15 is 0 Å². The first-order valence-corrected chi connectivity index (χ1v) is 10.5. The van der Waals surface area contributed by atoms with E-state index in [9.17, 15) is 0 Å². The van der Waals surface area contributed by atoms with Crippen molar-refractivity contribution in [3.8, 4) is 5.75 Å². The molecule has 0 bridgehead atoms. The second-order valence-electron chi connectivity index (χ2n) is 7.41. The molecule has 0 spiro atoms. The predicted molar refractivity (Wildman–Crippen MR) is 121 cm³/mol. The van der Waals surface area contributed by atoms with Gasteiger partial charge >= 0.3 is 0 Å². The van der Waals surface area contributed by atoms with Gasteiger partial charge in [0.05, 0.1) is 7.11 Å². The number of rotatable bonds is 8. The molecule has 1 aromatic carbocycles. The summed E-state index contributed by atoms with van der Waals surface area (Å²) >= 11 is 0. The number of nitrogens with zero attached hydrogens (tertiary/aromatic N) is 6. The molecule has 8 heteroatoms. The number of methoxy groups -OCH3 is 1. The molecule has 1 aliphatic rings. The molecule has 3 rings (SSSR count). The number of aliphatic imine (C=N–C) groups is 1. The molecule has 0 atom stereocenters. The fourth-order valence-corrected chi connectivity index (χ4v) is 3.59. The molecule has 2 aromatic rings. The minimum absolute atomic E-state index is 0.799. The van der Waals surface area contributed by atoms with Crippen molar-refractivity contribution in [2.45, 2.75) is 13.0 Å². The van der Waals surface area contributed by atoms with Crippen molar-refractivity contribution in [2.75, 3.05) is 65.4 Å². The van der Waals surface area contributed by atoms with Gasteiger partial charge in [0.2, 0.25) is 5.95 Å². The van der Waals surface area contributed by atoms with Crippen molar-refractivity contribution in [2.24, 2.45) is 4.99 Å². The van der Waals surface area contributed by atoms with Crippen molar-refractivity contribution in [3.05, 3.63) is 48.3 Å². The molecule has 0 unspecified atom stereocenters. The number of nitrogens with one attached hydrogen (secondary N) is 1. The van der Waals surface area contributed by atoms with Crippen LogP contribution in [0.5, 0.6) is 5.75 Å². The van der Waals surface area contributed by atoms with E-state index in [0.29, 0.717) is 0 Å². The minimum Gasteiger partial charge on any atom is -0.497 e. The van der Waals surface area contributed by atoms with Crippen LogP contribution >= 0.6 is 0 Å². The summed E-state index contributed by atoms with van der Waals surface area (Å²) in [5.74, 6) is 2.63. The number of hydrogen-bond acceptors (Lipinski definition) is 6. The molecule has 1 saturated heterocycles. The van der Waals surface area contributed by atoms with Crippen LogP contribution in [0.2, 0.25) is 0 Å². The highest BCUT2D eigenvalue weighted by Gasteiger charge is 2.18. The Bertz CT molecular complexity index is 774. The lowest BCUT2D eigenvalue weighted by atomic mass is 10.2. The zero-order chi connectivity index (χ0) is 21.2. The van der Waals surface area contributed by atoms with E-state index in [1.54, 1.807) is 19.5 Å². The van der Waals surface area contributed by atoms with Crippen molar-refractivity contribution >= 4 is 11.9 Å². The normalized spacial score (nSPS) is 15.2. The third-order valence-electron chi connectivity index (χ3n) is 5.29. The lowest BCUT2D eigenvalue weighted by molar-refractivity contribution is 0.254. The van der Waals surface area contributed by atoms with E-state index in [-0.39, 0.29) is 0 Å². The minimum atomic E-state index is 0.799. The van der Waals surface area contributed by atoms with E-state index < -0.39 is 0 Å². The summed E-state index contributed by atoms with van der Waals surface area (Å²) in [6.07, 6.45) is 4.69. The summed E-state index contributed by atoms with van der Waals surface area (Å²) in [5, 5.41) is 3.48. The monoisotopic (exact) mass is 411 g/mol. The Kier molecular flexibility index (Phi) is 8.26. The van der Waals surface area contributed by atoms with E-state index in [1.807, 2.05) is 25.2 Å². The third-order valence-corrected chi connectivity index (χ3v) is 5.29. The summed E-state index contributed by atoms with van der Waals surface area (Å²) < 4.78 is 5.22. The fraction of sp³-hybridized carbons (Fsp3) is 0.500. The van der Waals surface area contributed by atoms with Crippen LogP contribution in [0.4, 0.5) is 5.95 Å². The van der Waals surface area contributed by atoms with Gasteiger partial charge in [0.25, 0.3) is 0 Å². The van der Waals surface area contributed by atoms with E-state index in [0.717, 1.165) is 69.9 Å². The van der Waals surface area contributed by atoms with Gasteiger partial charge < -0.3 is 19.9 Å². The zero-order valence-corrected chi connectivity index (χ0v) is 18.3. The summed E-state index contributed by atoms with van der Waals surface area (Å²) in [6, 6.07) is 10.0. The molecule has 1 aliphatic heterocycles. The number of benzene rings is 1. The van der Waals surface area contributed by atoms with Gasteiger partial charge in [-0.2, -0.15) is 0 Å². The lowest BCUT2D eigenvalue weighted by Gasteiger charge is -2.34. The molecular weight excluding hydrogens is 378 g/mol. The molecule has 30 heavy (non-hydrogen) atoms. The quantitative estimate of drug-likeness (QED) is 0.403. The number of anilines is 1. The number of hydrogen-bond donors (Lipinski definition) is 1. The molecule has 0 radical (unpaired) electrons.